The minimum Gasteiger partial charge on any atom is -0.316 e. The predicted octanol–water partition coefficient (Wildman–Crippen LogP) is 2.16. The lowest BCUT2D eigenvalue weighted by Crippen LogP contribution is -2.36. The van der Waals surface area contributed by atoms with E-state index >= 15 is 0 Å². The van der Waals surface area contributed by atoms with Crippen LogP contribution in [0.4, 0.5) is 4.39 Å². The van der Waals surface area contributed by atoms with Gasteiger partial charge in [0.25, 0.3) is 0 Å². The van der Waals surface area contributed by atoms with Gasteiger partial charge in [-0.05, 0) is 37.6 Å². The molecule has 20 heavy (non-hydrogen) atoms. The molecule has 2 rings (SSSR count). The van der Waals surface area contributed by atoms with Gasteiger partial charge in [-0.15, -0.1) is 0 Å². The Kier molecular flexibility index (Phi) is 5.12. The third kappa shape index (κ3) is 3.77. The summed E-state index contributed by atoms with van der Waals surface area (Å²) >= 11 is 0. The highest BCUT2D eigenvalue weighted by molar-refractivity contribution is 7.89. The predicted molar refractivity (Wildman–Crippen MR) is 76.4 cm³/mol. The van der Waals surface area contributed by atoms with E-state index in [0.717, 1.165) is 38.2 Å². The van der Waals surface area contributed by atoms with Gasteiger partial charge in [-0.2, -0.15) is 0 Å². The van der Waals surface area contributed by atoms with Crippen molar-refractivity contribution >= 4 is 10.0 Å². The van der Waals surface area contributed by atoms with E-state index in [1.54, 1.807) is 7.05 Å². The first-order valence-electron chi connectivity index (χ1n) is 6.98. The molecule has 0 unspecified atom stereocenters. The van der Waals surface area contributed by atoms with Gasteiger partial charge in [-0.3, -0.25) is 0 Å². The summed E-state index contributed by atoms with van der Waals surface area (Å²) in [4.78, 5) is 0.0393. The van der Waals surface area contributed by atoms with Crippen LogP contribution in [-0.4, -0.2) is 21.5 Å². The van der Waals surface area contributed by atoms with Gasteiger partial charge >= 0.3 is 0 Å². The van der Waals surface area contributed by atoms with Gasteiger partial charge in [0.15, 0.2) is 0 Å². The monoisotopic (exact) mass is 300 g/mol. The Labute approximate surface area is 119 Å². The van der Waals surface area contributed by atoms with Gasteiger partial charge < -0.3 is 5.32 Å². The van der Waals surface area contributed by atoms with Crippen LogP contribution in [0.25, 0.3) is 0 Å². The lowest BCUT2D eigenvalue weighted by molar-refractivity contribution is 0.412. The van der Waals surface area contributed by atoms with E-state index in [4.69, 9.17) is 0 Å². The van der Waals surface area contributed by atoms with Crippen molar-refractivity contribution in [3.05, 3.63) is 29.6 Å². The normalized spacial score (nSPS) is 17.3. The Hall–Kier alpha value is -0.980. The molecule has 1 saturated carbocycles. The van der Waals surface area contributed by atoms with Gasteiger partial charge in [0, 0.05) is 12.6 Å². The molecule has 0 radical (unpaired) electrons. The van der Waals surface area contributed by atoms with Crippen LogP contribution >= 0.6 is 0 Å². The highest BCUT2D eigenvalue weighted by atomic mass is 32.2. The molecule has 2 N–H and O–H groups in total. The fourth-order valence-corrected chi connectivity index (χ4v) is 4.17. The van der Waals surface area contributed by atoms with Crippen LogP contribution in [0.15, 0.2) is 23.1 Å². The van der Waals surface area contributed by atoms with Crippen molar-refractivity contribution in [1.82, 2.24) is 10.0 Å². The van der Waals surface area contributed by atoms with Crippen LogP contribution in [0.2, 0.25) is 0 Å². The molecule has 1 aliphatic carbocycles. The Morgan fingerprint density at radius 2 is 1.95 bits per heavy atom. The van der Waals surface area contributed by atoms with Gasteiger partial charge in [-0.25, -0.2) is 17.5 Å². The summed E-state index contributed by atoms with van der Waals surface area (Å²) in [7, 11) is -1.93. The number of hydrogen-bond acceptors (Lipinski definition) is 3. The zero-order valence-electron chi connectivity index (χ0n) is 11.7. The smallest absolute Gasteiger partial charge is 0.241 e. The number of hydrogen-bond donors (Lipinski definition) is 2. The lowest BCUT2D eigenvalue weighted by atomic mass is 9.96. The van der Waals surface area contributed by atoms with Crippen LogP contribution in [-0.2, 0) is 16.6 Å². The van der Waals surface area contributed by atoms with Crippen molar-refractivity contribution in [2.24, 2.45) is 0 Å². The molecule has 0 amide bonds. The zero-order chi connectivity index (χ0) is 14.6. The van der Waals surface area contributed by atoms with Crippen molar-refractivity contribution in [1.29, 1.82) is 0 Å². The Morgan fingerprint density at radius 1 is 1.25 bits per heavy atom. The fourth-order valence-electron chi connectivity index (χ4n) is 2.62. The van der Waals surface area contributed by atoms with Crippen LogP contribution in [0.3, 0.4) is 0 Å². The summed E-state index contributed by atoms with van der Waals surface area (Å²) in [5, 5.41) is 2.90. The second-order valence-electron chi connectivity index (χ2n) is 5.24. The molecule has 1 aromatic rings. The van der Waals surface area contributed by atoms with E-state index in [-0.39, 0.29) is 10.9 Å². The van der Waals surface area contributed by atoms with E-state index in [1.165, 1.54) is 12.1 Å². The molecule has 0 aliphatic heterocycles. The van der Waals surface area contributed by atoms with Crippen molar-refractivity contribution in [3.63, 3.8) is 0 Å². The molecule has 6 heteroatoms. The average molecular weight is 300 g/mol. The van der Waals surface area contributed by atoms with Crippen molar-refractivity contribution in [2.75, 3.05) is 7.05 Å². The van der Waals surface area contributed by atoms with Crippen LogP contribution < -0.4 is 10.0 Å². The highest BCUT2D eigenvalue weighted by Gasteiger charge is 2.24. The van der Waals surface area contributed by atoms with Gasteiger partial charge in [0.2, 0.25) is 10.0 Å². The first-order valence-corrected chi connectivity index (χ1v) is 8.46. The average Bonchev–Trinajstić information content (AvgIpc) is 2.41. The van der Waals surface area contributed by atoms with Crippen LogP contribution in [0.1, 0.15) is 37.7 Å². The maximum atomic E-state index is 13.4. The summed E-state index contributed by atoms with van der Waals surface area (Å²) < 4.78 is 41.0. The van der Waals surface area contributed by atoms with E-state index in [1.807, 2.05) is 0 Å². The van der Waals surface area contributed by atoms with Crippen LogP contribution in [0, 0.1) is 5.82 Å². The van der Waals surface area contributed by atoms with Crippen molar-refractivity contribution < 1.29 is 12.8 Å². The largest absolute Gasteiger partial charge is 0.316 e. The SMILES string of the molecule is CNCc1ccc(F)cc1S(=O)(=O)NC1CCCCC1. The standard InChI is InChI=1S/C14H21FN2O2S/c1-16-10-11-7-8-12(15)9-14(11)20(18,19)17-13-5-3-2-4-6-13/h7-9,13,16-17H,2-6,10H2,1H3. The molecule has 0 spiro atoms. The van der Waals surface area contributed by atoms with E-state index in [9.17, 15) is 12.8 Å². The Morgan fingerprint density at radius 3 is 2.60 bits per heavy atom. The van der Waals surface area contributed by atoms with Gasteiger partial charge in [0.1, 0.15) is 5.82 Å². The number of halogens is 1. The topological polar surface area (TPSA) is 58.2 Å². The zero-order valence-corrected chi connectivity index (χ0v) is 12.5. The molecule has 0 atom stereocenters. The first-order chi connectivity index (χ1) is 9.53. The molecule has 0 aromatic heterocycles. The summed E-state index contributed by atoms with van der Waals surface area (Å²) in [5.41, 5.74) is 0.581. The maximum Gasteiger partial charge on any atom is 0.241 e. The molecular formula is C14H21FN2O2S. The maximum absolute atomic E-state index is 13.4. The molecule has 0 saturated heterocycles. The molecule has 112 valence electrons. The molecule has 4 nitrogen and oxygen atoms in total. The number of benzene rings is 1. The summed E-state index contributed by atoms with van der Waals surface area (Å²) in [5.74, 6) is -0.533. The number of rotatable bonds is 5. The van der Waals surface area contributed by atoms with Crippen molar-refractivity contribution in [3.8, 4) is 0 Å². The van der Waals surface area contributed by atoms with Gasteiger partial charge in [-0.1, -0.05) is 25.3 Å². The number of sulfonamides is 1. The molecule has 1 aromatic carbocycles. The van der Waals surface area contributed by atoms with Gasteiger partial charge in [0.05, 0.1) is 4.90 Å². The first kappa shape index (κ1) is 15.4. The summed E-state index contributed by atoms with van der Waals surface area (Å²) in [6.07, 6.45) is 4.95. The second-order valence-corrected chi connectivity index (χ2v) is 6.92. The quantitative estimate of drug-likeness (QED) is 0.876. The number of nitrogens with one attached hydrogen (secondary N) is 2. The van der Waals surface area contributed by atoms with Crippen LogP contribution in [0.5, 0.6) is 0 Å². The Bertz CT molecular complexity index is 554. The van der Waals surface area contributed by atoms with E-state index in [2.05, 4.69) is 10.0 Å². The third-order valence-electron chi connectivity index (χ3n) is 3.61. The molecule has 0 heterocycles. The minimum atomic E-state index is -3.67. The Balaban J connectivity index is 2.25. The second kappa shape index (κ2) is 6.65. The van der Waals surface area contributed by atoms with E-state index in [0.29, 0.717) is 12.1 Å². The molecular weight excluding hydrogens is 279 g/mol. The highest BCUT2D eigenvalue weighted by Crippen LogP contribution is 2.22. The lowest BCUT2D eigenvalue weighted by Gasteiger charge is -2.23. The fraction of sp³-hybridized carbons (Fsp3) is 0.571. The third-order valence-corrected chi connectivity index (χ3v) is 5.22. The molecule has 0 bridgehead atoms. The molecule has 1 fully saturated rings. The van der Waals surface area contributed by atoms with E-state index < -0.39 is 15.8 Å². The minimum absolute atomic E-state index is 0.0283. The summed E-state index contributed by atoms with van der Waals surface area (Å²) in [6, 6.07) is 3.87. The van der Waals surface area contributed by atoms with Crippen molar-refractivity contribution in [2.45, 2.75) is 49.6 Å². The summed E-state index contributed by atoms with van der Waals surface area (Å²) in [6.45, 7) is 0.390. The molecule has 1 aliphatic rings.